The summed E-state index contributed by atoms with van der Waals surface area (Å²) < 4.78 is 1.89. The second-order valence-corrected chi connectivity index (χ2v) is 7.69. The van der Waals surface area contributed by atoms with Gasteiger partial charge in [0.25, 0.3) is 0 Å². The highest BCUT2D eigenvalue weighted by Gasteiger charge is 2.20. The highest BCUT2D eigenvalue weighted by molar-refractivity contribution is 5.78. The van der Waals surface area contributed by atoms with Gasteiger partial charge in [0.2, 0.25) is 5.91 Å². The molecule has 1 fully saturated rings. The molecular weight excluding hydrogens is 388 g/mol. The molecule has 1 amide bonds. The number of piperazine rings is 1. The average molecular weight is 415 g/mol. The lowest BCUT2D eigenvalue weighted by atomic mass is 10.1. The summed E-state index contributed by atoms with van der Waals surface area (Å²) in [4.78, 5) is 16.8. The molecule has 0 saturated carbocycles. The Hall–Kier alpha value is -3.63. The molecule has 2 aromatic carbocycles. The quantitative estimate of drug-likeness (QED) is 0.671. The molecule has 1 aliphatic heterocycles. The van der Waals surface area contributed by atoms with E-state index in [1.54, 1.807) is 0 Å². The van der Waals surface area contributed by atoms with Crippen molar-refractivity contribution in [2.75, 3.05) is 37.6 Å². The molecule has 0 aliphatic carbocycles. The van der Waals surface area contributed by atoms with E-state index in [2.05, 4.69) is 26.3 Å². The molecule has 31 heavy (non-hydrogen) atoms. The first-order valence-corrected chi connectivity index (χ1v) is 10.5. The van der Waals surface area contributed by atoms with Crippen LogP contribution in [0.1, 0.15) is 17.0 Å². The largest absolute Gasteiger partial charge is 0.368 e. The van der Waals surface area contributed by atoms with Gasteiger partial charge in [0, 0.05) is 31.9 Å². The van der Waals surface area contributed by atoms with E-state index in [1.807, 2.05) is 72.3 Å². The van der Waals surface area contributed by atoms with Crippen molar-refractivity contribution < 1.29 is 4.79 Å². The minimum absolute atomic E-state index is 0.00205. The second kappa shape index (κ2) is 9.45. The number of benzene rings is 2. The molecular formula is C24H26N6O. The summed E-state index contributed by atoms with van der Waals surface area (Å²) in [6.45, 7) is 5.96. The van der Waals surface area contributed by atoms with Crippen LogP contribution in [0.3, 0.4) is 0 Å². The van der Waals surface area contributed by atoms with Gasteiger partial charge in [-0.1, -0.05) is 30.3 Å². The molecule has 2 heterocycles. The Bertz CT molecular complexity index is 1080. The summed E-state index contributed by atoms with van der Waals surface area (Å²) in [5.74, 6) is -0.00205. The summed E-state index contributed by atoms with van der Waals surface area (Å²) in [6.07, 6.45) is 0. The van der Waals surface area contributed by atoms with Gasteiger partial charge in [-0.3, -0.25) is 9.69 Å². The summed E-state index contributed by atoms with van der Waals surface area (Å²) in [5.41, 5.74) is 4.54. The van der Waals surface area contributed by atoms with Crippen LogP contribution in [0, 0.1) is 18.3 Å². The molecule has 1 aromatic heterocycles. The zero-order valence-corrected chi connectivity index (χ0v) is 17.7. The minimum atomic E-state index is -0.00205. The Morgan fingerprint density at radius 2 is 1.77 bits per heavy atom. The van der Waals surface area contributed by atoms with Crippen LogP contribution in [-0.2, 0) is 11.3 Å². The molecule has 0 bridgehead atoms. The highest BCUT2D eigenvalue weighted by Crippen LogP contribution is 2.21. The Labute approximate surface area is 182 Å². The van der Waals surface area contributed by atoms with E-state index in [9.17, 15) is 10.1 Å². The first kappa shape index (κ1) is 20.6. The van der Waals surface area contributed by atoms with Crippen molar-refractivity contribution >= 4 is 11.6 Å². The van der Waals surface area contributed by atoms with Gasteiger partial charge in [0.15, 0.2) is 0 Å². The van der Waals surface area contributed by atoms with E-state index in [-0.39, 0.29) is 5.91 Å². The van der Waals surface area contributed by atoms with Crippen LogP contribution in [0.25, 0.3) is 5.69 Å². The van der Waals surface area contributed by atoms with Gasteiger partial charge < -0.3 is 10.2 Å². The number of aryl methyl sites for hydroxylation is 1. The third-order valence-corrected chi connectivity index (χ3v) is 5.51. The summed E-state index contributed by atoms with van der Waals surface area (Å²) in [6, 6.07) is 21.9. The van der Waals surface area contributed by atoms with Gasteiger partial charge in [0.05, 0.1) is 35.7 Å². The maximum Gasteiger partial charge on any atom is 0.234 e. The van der Waals surface area contributed by atoms with Crippen molar-refractivity contribution in [1.82, 2.24) is 20.0 Å². The molecule has 0 atom stereocenters. The van der Waals surface area contributed by atoms with Crippen LogP contribution >= 0.6 is 0 Å². The number of rotatable bonds is 6. The van der Waals surface area contributed by atoms with Crippen molar-refractivity contribution in [3.05, 3.63) is 77.6 Å². The lowest BCUT2D eigenvalue weighted by molar-refractivity contribution is -0.122. The number of carbonyl (C=O) groups excluding carboxylic acids is 1. The van der Waals surface area contributed by atoms with E-state index in [0.717, 1.165) is 48.9 Å². The van der Waals surface area contributed by atoms with E-state index < -0.39 is 0 Å². The zero-order valence-electron chi connectivity index (χ0n) is 17.7. The lowest BCUT2D eigenvalue weighted by Gasteiger charge is -2.36. The van der Waals surface area contributed by atoms with Crippen molar-refractivity contribution in [1.29, 1.82) is 5.26 Å². The van der Waals surface area contributed by atoms with Crippen LogP contribution in [-0.4, -0.2) is 53.3 Å². The van der Waals surface area contributed by atoms with Gasteiger partial charge in [-0.15, -0.1) is 0 Å². The number of hydrogen-bond donors (Lipinski definition) is 1. The standard InChI is InChI=1S/C24H26N6O/c1-19-15-21(27-30(19)22-8-3-2-4-9-22)17-26-24(31)18-28-11-13-29(14-12-28)23-10-6-5-7-20(23)16-25/h2-10,15H,11-14,17-18H2,1H3,(H,26,31). The topological polar surface area (TPSA) is 77.2 Å². The molecule has 1 N–H and O–H groups in total. The van der Waals surface area contributed by atoms with Gasteiger partial charge >= 0.3 is 0 Å². The van der Waals surface area contributed by atoms with Crippen LogP contribution < -0.4 is 10.2 Å². The number of carbonyl (C=O) groups is 1. The van der Waals surface area contributed by atoms with Crippen molar-refractivity contribution in [2.24, 2.45) is 0 Å². The number of nitrogens with zero attached hydrogens (tertiary/aromatic N) is 5. The molecule has 4 rings (SSSR count). The average Bonchev–Trinajstić information content (AvgIpc) is 3.19. The Morgan fingerprint density at radius 1 is 1.06 bits per heavy atom. The molecule has 3 aromatic rings. The van der Waals surface area contributed by atoms with Crippen LogP contribution in [0.15, 0.2) is 60.7 Å². The predicted octanol–water partition coefficient (Wildman–Crippen LogP) is 2.49. The van der Waals surface area contributed by atoms with Crippen molar-refractivity contribution in [3.8, 4) is 11.8 Å². The third kappa shape index (κ3) is 4.93. The Morgan fingerprint density at radius 3 is 2.52 bits per heavy atom. The third-order valence-electron chi connectivity index (χ3n) is 5.51. The van der Waals surface area contributed by atoms with E-state index in [4.69, 9.17) is 0 Å². The number of nitriles is 1. The van der Waals surface area contributed by atoms with Gasteiger partial charge in [-0.2, -0.15) is 10.4 Å². The number of anilines is 1. The molecule has 7 nitrogen and oxygen atoms in total. The first-order chi connectivity index (χ1) is 15.1. The number of aromatic nitrogens is 2. The maximum absolute atomic E-state index is 12.5. The fourth-order valence-corrected chi connectivity index (χ4v) is 3.89. The Kier molecular flexibility index (Phi) is 6.29. The number of hydrogen-bond acceptors (Lipinski definition) is 5. The van der Waals surface area contributed by atoms with E-state index in [1.165, 1.54) is 0 Å². The van der Waals surface area contributed by atoms with E-state index >= 15 is 0 Å². The first-order valence-electron chi connectivity index (χ1n) is 10.5. The van der Waals surface area contributed by atoms with Gasteiger partial charge in [0.1, 0.15) is 6.07 Å². The monoisotopic (exact) mass is 414 g/mol. The number of para-hydroxylation sites is 2. The molecule has 0 unspecified atom stereocenters. The highest BCUT2D eigenvalue weighted by atomic mass is 16.2. The molecule has 1 saturated heterocycles. The zero-order chi connectivity index (χ0) is 21.6. The maximum atomic E-state index is 12.5. The summed E-state index contributed by atoms with van der Waals surface area (Å²) in [5, 5.41) is 16.9. The van der Waals surface area contributed by atoms with E-state index in [0.29, 0.717) is 18.7 Å². The molecule has 158 valence electrons. The summed E-state index contributed by atoms with van der Waals surface area (Å²) in [7, 11) is 0. The molecule has 7 heteroatoms. The van der Waals surface area contributed by atoms with Crippen LogP contribution in [0.5, 0.6) is 0 Å². The normalized spacial score (nSPS) is 14.3. The fraction of sp³-hybridized carbons (Fsp3) is 0.292. The van der Waals surface area contributed by atoms with Crippen LogP contribution in [0.4, 0.5) is 5.69 Å². The lowest BCUT2D eigenvalue weighted by Crippen LogP contribution is -2.49. The SMILES string of the molecule is Cc1cc(CNC(=O)CN2CCN(c3ccccc3C#N)CC2)nn1-c1ccccc1. The second-order valence-electron chi connectivity index (χ2n) is 7.69. The number of nitrogens with one attached hydrogen (secondary N) is 1. The fourth-order valence-electron chi connectivity index (χ4n) is 3.89. The smallest absolute Gasteiger partial charge is 0.234 e. The molecule has 0 spiro atoms. The van der Waals surface area contributed by atoms with Crippen LogP contribution in [0.2, 0.25) is 0 Å². The van der Waals surface area contributed by atoms with Gasteiger partial charge in [-0.05, 0) is 37.3 Å². The summed E-state index contributed by atoms with van der Waals surface area (Å²) >= 11 is 0. The molecule has 1 aliphatic rings. The van der Waals surface area contributed by atoms with Crippen molar-refractivity contribution in [3.63, 3.8) is 0 Å². The Balaban J connectivity index is 1.26. The van der Waals surface area contributed by atoms with Gasteiger partial charge in [-0.25, -0.2) is 4.68 Å². The van der Waals surface area contributed by atoms with Crippen molar-refractivity contribution in [2.45, 2.75) is 13.5 Å². The minimum Gasteiger partial charge on any atom is -0.368 e. The number of amides is 1. The molecule has 0 radical (unpaired) electrons. The predicted molar refractivity (Wildman–Crippen MR) is 120 cm³/mol.